The van der Waals surface area contributed by atoms with Gasteiger partial charge in [0.1, 0.15) is 36.3 Å². The number of hydrogen-bond acceptors (Lipinski definition) is 8. The maximum absolute atomic E-state index is 12.2. The van der Waals surface area contributed by atoms with Crippen molar-refractivity contribution >= 4 is 17.5 Å². The minimum atomic E-state index is -1.24. The molecule has 252 valence electrons. The standard InChI is InChI=1S/C41H40O7S/c42-35-36(43-26-30-16-6-1-7-17-30)38(44-27-31-18-8-2-9-19-31)40(46-29-33-22-12-4-13-23-33)39(45-28-32-20-10-3-11-21-32)37(35)48-41(49)47-34-24-14-5-15-25-34/h1-25,35-40,42H,26-29H2/t35-,36+,37-,38-,39+,40+/m1/s1. The number of benzene rings is 5. The molecule has 1 saturated carbocycles. The van der Waals surface area contributed by atoms with Crippen molar-refractivity contribution in [2.75, 3.05) is 0 Å². The molecule has 1 N–H and O–H groups in total. The zero-order valence-corrected chi connectivity index (χ0v) is 27.8. The average molecular weight is 677 g/mol. The highest BCUT2D eigenvalue weighted by Gasteiger charge is 2.55. The fourth-order valence-corrected chi connectivity index (χ4v) is 6.03. The van der Waals surface area contributed by atoms with Crippen molar-refractivity contribution in [3.63, 3.8) is 0 Å². The molecule has 0 amide bonds. The Bertz CT molecular complexity index is 1680. The van der Waals surface area contributed by atoms with E-state index in [-0.39, 0.29) is 31.7 Å². The average Bonchev–Trinajstić information content (AvgIpc) is 3.15. The van der Waals surface area contributed by atoms with Gasteiger partial charge >= 0.3 is 5.24 Å². The molecule has 49 heavy (non-hydrogen) atoms. The molecular weight excluding hydrogens is 637 g/mol. The second-order valence-corrected chi connectivity index (χ2v) is 12.1. The third kappa shape index (κ3) is 9.83. The molecule has 6 rings (SSSR count). The van der Waals surface area contributed by atoms with Crippen LogP contribution in [-0.2, 0) is 50.1 Å². The monoisotopic (exact) mass is 676 g/mol. The van der Waals surface area contributed by atoms with E-state index in [1.165, 1.54) is 0 Å². The Balaban J connectivity index is 1.35. The topological polar surface area (TPSA) is 75.6 Å². The third-order valence-electron chi connectivity index (χ3n) is 8.29. The number of rotatable bonds is 14. The van der Waals surface area contributed by atoms with Crippen LogP contribution in [0.2, 0.25) is 0 Å². The highest BCUT2D eigenvalue weighted by Crippen LogP contribution is 2.35. The van der Waals surface area contributed by atoms with Crippen LogP contribution in [0.5, 0.6) is 5.75 Å². The van der Waals surface area contributed by atoms with Gasteiger partial charge in [0, 0.05) is 12.2 Å². The predicted molar refractivity (Wildman–Crippen MR) is 191 cm³/mol. The van der Waals surface area contributed by atoms with Crippen molar-refractivity contribution < 1.29 is 33.5 Å². The van der Waals surface area contributed by atoms with E-state index in [2.05, 4.69) is 0 Å². The summed E-state index contributed by atoms with van der Waals surface area (Å²) in [5.74, 6) is 0.511. The van der Waals surface area contributed by atoms with E-state index in [9.17, 15) is 5.11 Å². The van der Waals surface area contributed by atoms with E-state index in [0.29, 0.717) is 5.75 Å². The Morgan fingerprint density at radius 3 is 1.12 bits per heavy atom. The van der Waals surface area contributed by atoms with Gasteiger partial charge in [0.25, 0.3) is 0 Å². The van der Waals surface area contributed by atoms with Gasteiger partial charge in [-0.25, -0.2) is 0 Å². The zero-order chi connectivity index (χ0) is 33.7. The Kier molecular flexibility index (Phi) is 12.5. The normalized spacial score (nSPS) is 21.9. The molecule has 0 radical (unpaired) electrons. The fourth-order valence-electron chi connectivity index (χ4n) is 5.82. The van der Waals surface area contributed by atoms with Crippen LogP contribution in [0.3, 0.4) is 0 Å². The maximum Gasteiger partial charge on any atom is 0.358 e. The van der Waals surface area contributed by atoms with Crippen molar-refractivity contribution in [1.82, 2.24) is 0 Å². The SMILES string of the molecule is O[C@H]1[C@@H](OC(=S)Oc2ccccc2)[C@H](OCc2ccccc2)[C@@H](OCc2ccccc2)[C@H](OCc2ccccc2)[C@H]1OCc1ccccc1. The minimum Gasteiger partial charge on any atom is -0.447 e. The molecule has 1 aliphatic carbocycles. The number of thiocarbonyl (C=S) groups is 1. The van der Waals surface area contributed by atoms with Gasteiger partial charge in [0.2, 0.25) is 0 Å². The Labute approximate surface area is 293 Å². The second kappa shape index (κ2) is 17.8. The van der Waals surface area contributed by atoms with Crippen LogP contribution in [0, 0.1) is 0 Å². The number of para-hydroxylation sites is 1. The van der Waals surface area contributed by atoms with E-state index in [1.54, 1.807) is 12.1 Å². The van der Waals surface area contributed by atoms with Gasteiger partial charge in [-0.3, -0.25) is 0 Å². The lowest BCUT2D eigenvalue weighted by molar-refractivity contribution is -0.272. The summed E-state index contributed by atoms with van der Waals surface area (Å²) in [6.45, 7) is 0.991. The van der Waals surface area contributed by atoms with Crippen LogP contribution in [-0.4, -0.2) is 47.0 Å². The first-order valence-electron chi connectivity index (χ1n) is 16.4. The van der Waals surface area contributed by atoms with Crippen molar-refractivity contribution in [3.8, 4) is 5.75 Å². The summed E-state index contributed by atoms with van der Waals surface area (Å²) in [6, 6.07) is 48.5. The van der Waals surface area contributed by atoms with Crippen LogP contribution in [0.1, 0.15) is 22.3 Å². The van der Waals surface area contributed by atoms with Crippen LogP contribution < -0.4 is 4.74 Å². The van der Waals surface area contributed by atoms with Crippen LogP contribution >= 0.6 is 12.2 Å². The van der Waals surface area contributed by atoms with Gasteiger partial charge in [-0.2, -0.15) is 0 Å². The number of aliphatic hydroxyl groups excluding tert-OH is 1. The molecule has 5 aromatic rings. The summed E-state index contributed by atoms with van der Waals surface area (Å²) >= 11 is 5.58. The van der Waals surface area contributed by atoms with Gasteiger partial charge in [0.15, 0.2) is 6.10 Å². The molecule has 0 unspecified atom stereocenters. The molecule has 6 atom stereocenters. The van der Waals surface area contributed by atoms with Crippen molar-refractivity contribution in [2.45, 2.75) is 63.1 Å². The van der Waals surface area contributed by atoms with Gasteiger partial charge in [-0.1, -0.05) is 140 Å². The van der Waals surface area contributed by atoms with Crippen LogP contribution in [0.4, 0.5) is 0 Å². The summed E-state index contributed by atoms with van der Waals surface area (Å²) in [4.78, 5) is 0. The van der Waals surface area contributed by atoms with Gasteiger partial charge in [-0.15, -0.1) is 0 Å². The lowest BCUT2D eigenvalue weighted by Crippen LogP contribution is -2.67. The lowest BCUT2D eigenvalue weighted by atomic mass is 9.83. The van der Waals surface area contributed by atoms with Gasteiger partial charge < -0.3 is 33.5 Å². The molecule has 1 aliphatic rings. The highest BCUT2D eigenvalue weighted by atomic mass is 32.1. The Morgan fingerprint density at radius 2 is 0.735 bits per heavy atom. The lowest BCUT2D eigenvalue weighted by Gasteiger charge is -2.48. The molecule has 0 aliphatic heterocycles. The molecule has 7 nitrogen and oxygen atoms in total. The quantitative estimate of drug-likeness (QED) is 0.122. The minimum absolute atomic E-state index is 0.157. The molecule has 0 heterocycles. The molecule has 0 saturated heterocycles. The smallest absolute Gasteiger partial charge is 0.358 e. The van der Waals surface area contributed by atoms with Gasteiger partial charge in [0.05, 0.1) is 26.4 Å². The summed E-state index contributed by atoms with van der Waals surface area (Å²) in [7, 11) is 0. The second-order valence-electron chi connectivity index (χ2n) is 11.8. The molecule has 0 aromatic heterocycles. The Morgan fingerprint density at radius 1 is 0.429 bits per heavy atom. The maximum atomic E-state index is 12.2. The zero-order valence-electron chi connectivity index (χ0n) is 27.0. The van der Waals surface area contributed by atoms with E-state index >= 15 is 0 Å². The third-order valence-corrected chi connectivity index (χ3v) is 8.47. The van der Waals surface area contributed by atoms with E-state index in [0.717, 1.165) is 22.3 Å². The van der Waals surface area contributed by atoms with E-state index in [4.69, 9.17) is 40.6 Å². The number of ether oxygens (including phenoxy) is 6. The molecular formula is C41H40O7S. The molecule has 1 fully saturated rings. The first-order chi connectivity index (χ1) is 24.1. The van der Waals surface area contributed by atoms with E-state index in [1.807, 2.05) is 140 Å². The van der Waals surface area contributed by atoms with Crippen LogP contribution in [0.15, 0.2) is 152 Å². The summed E-state index contributed by atoms with van der Waals surface area (Å²) < 4.78 is 38.7. The largest absolute Gasteiger partial charge is 0.447 e. The summed E-state index contributed by atoms with van der Waals surface area (Å²) in [6.07, 6.45) is -5.50. The fraction of sp³-hybridized carbons (Fsp3) is 0.244. The summed E-state index contributed by atoms with van der Waals surface area (Å²) in [5.41, 5.74) is 3.84. The van der Waals surface area contributed by atoms with Crippen molar-refractivity contribution in [2.24, 2.45) is 0 Å². The molecule has 0 bridgehead atoms. The molecule has 0 spiro atoms. The van der Waals surface area contributed by atoms with Crippen LogP contribution in [0.25, 0.3) is 0 Å². The summed E-state index contributed by atoms with van der Waals surface area (Å²) in [5, 5.41) is 12.0. The first kappa shape index (κ1) is 34.5. The van der Waals surface area contributed by atoms with E-state index < -0.39 is 36.6 Å². The Hall–Kier alpha value is -4.41. The predicted octanol–water partition coefficient (Wildman–Crippen LogP) is 7.45. The van der Waals surface area contributed by atoms with Crippen molar-refractivity contribution in [3.05, 3.63) is 174 Å². The molecule has 5 aromatic carbocycles. The first-order valence-corrected chi connectivity index (χ1v) is 16.8. The number of aliphatic hydroxyl groups is 1. The van der Waals surface area contributed by atoms with Crippen molar-refractivity contribution in [1.29, 1.82) is 0 Å². The highest BCUT2D eigenvalue weighted by molar-refractivity contribution is 7.79. The number of hydrogen-bond donors (Lipinski definition) is 1. The van der Waals surface area contributed by atoms with Gasteiger partial charge in [-0.05, 0) is 34.4 Å². The molecule has 8 heteroatoms.